The van der Waals surface area contributed by atoms with Crippen molar-refractivity contribution < 1.29 is 9.47 Å². The van der Waals surface area contributed by atoms with Crippen molar-refractivity contribution in [3.05, 3.63) is 51.5 Å². The lowest BCUT2D eigenvalue weighted by molar-refractivity contribution is 0.119. The number of thiazole rings is 1. The van der Waals surface area contributed by atoms with E-state index in [1.807, 2.05) is 20.0 Å². The van der Waals surface area contributed by atoms with Crippen LogP contribution in [0.5, 0.6) is 0 Å². The molecule has 0 aliphatic heterocycles. The smallest absolute Gasteiger partial charge is 0.194 e. The standard InChI is InChI=1S/C19H28N4O2S.HI/c1-14(25-5)18-22-17(13-26-18)11-23(3)19(20-2)21-10-15-7-6-8-16(9-15)12-24-4;/h6-9,13-14H,10-12H2,1-5H3,(H,20,21);1H. The van der Waals surface area contributed by atoms with Crippen molar-refractivity contribution in [1.29, 1.82) is 0 Å². The largest absolute Gasteiger partial charge is 0.380 e. The van der Waals surface area contributed by atoms with Gasteiger partial charge in [0.1, 0.15) is 11.1 Å². The topological polar surface area (TPSA) is 59.0 Å². The van der Waals surface area contributed by atoms with Gasteiger partial charge in [-0.05, 0) is 18.1 Å². The highest BCUT2D eigenvalue weighted by Gasteiger charge is 2.12. The number of benzene rings is 1. The molecule has 1 heterocycles. The SMILES string of the molecule is CN=C(NCc1cccc(COC)c1)N(C)Cc1csc(C(C)OC)n1.I. The van der Waals surface area contributed by atoms with Crippen molar-refractivity contribution in [2.45, 2.75) is 32.7 Å². The lowest BCUT2D eigenvalue weighted by Gasteiger charge is -2.21. The molecule has 0 aliphatic rings. The number of halogens is 1. The van der Waals surface area contributed by atoms with Crippen LogP contribution in [0.25, 0.3) is 0 Å². The van der Waals surface area contributed by atoms with Gasteiger partial charge in [-0.15, -0.1) is 35.3 Å². The van der Waals surface area contributed by atoms with Crippen LogP contribution in [0.15, 0.2) is 34.6 Å². The second-order valence-corrected chi connectivity index (χ2v) is 6.95. The molecule has 2 aromatic rings. The highest BCUT2D eigenvalue weighted by atomic mass is 127. The summed E-state index contributed by atoms with van der Waals surface area (Å²) in [6.07, 6.45) is 0.0240. The van der Waals surface area contributed by atoms with E-state index in [-0.39, 0.29) is 30.1 Å². The number of aliphatic imine (C=N–C) groups is 1. The lowest BCUT2D eigenvalue weighted by Crippen LogP contribution is -2.38. The maximum absolute atomic E-state index is 5.33. The minimum Gasteiger partial charge on any atom is -0.380 e. The fraction of sp³-hybridized carbons (Fsp3) is 0.474. The summed E-state index contributed by atoms with van der Waals surface area (Å²) in [5, 5.41) is 6.47. The van der Waals surface area contributed by atoms with Crippen molar-refractivity contribution in [2.75, 3.05) is 28.3 Å². The summed E-state index contributed by atoms with van der Waals surface area (Å²) in [6, 6.07) is 8.35. The summed E-state index contributed by atoms with van der Waals surface area (Å²) in [7, 11) is 7.21. The van der Waals surface area contributed by atoms with Crippen LogP contribution in [0.3, 0.4) is 0 Å². The van der Waals surface area contributed by atoms with Gasteiger partial charge in [0.05, 0.1) is 18.8 Å². The Morgan fingerprint density at radius 3 is 2.74 bits per heavy atom. The van der Waals surface area contributed by atoms with Gasteiger partial charge in [-0.1, -0.05) is 24.3 Å². The predicted octanol–water partition coefficient (Wildman–Crippen LogP) is 3.82. The van der Waals surface area contributed by atoms with E-state index >= 15 is 0 Å². The summed E-state index contributed by atoms with van der Waals surface area (Å²) >= 11 is 1.63. The third-order valence-electron chi connectivity index (χ3n) is 4.00. The molecule has 0 amide bonds. The minimum absolute atomic E-state index is 0. The molecule has 1 atom stereocenters. The molecule has 8 heteroatoms. The number of hydrogen-bond donors (Lipinski definition) is 1. The number of methoxy groups -OCH3 is 2. The van der Waals surface area contributed by atoms with E-state index in [9.17, 15) is 0 Å². The van der Waals surface area contributed by atoms with Gasteiger partial charge in [0.2, 0.25) is 0 Å². The van der Waals surface area contributed by atoms with Gasteiger partial charge < -0.3 is 19.7 Å². The molecule has 27 heavy (non-hydrogen) atoms. The highest BCUT2D eigenvalue weighted by molar-refractivity contribution is 14.0. The zero-order valence-electron chi connectivity index (χ0n) is 16.6. The van der Waals surface area contributed by atoms with E-state index in [1.54, 1.807) is 32.6 Å². The van der Waals surface area contributed by atoms with E-state index in [1.165, 1.54) is 5.56 Å². The van der Waals surface area contributed by atoms with Crippen LogP contribution in [0.1, 0.15) is 34.9 Å². The van der Waals surface area contributed by atoms with Crippen LogP contribution in [-0.4, -0.2) is 44.2 Å². The molecule has 0 fully saturated rings. The maximum Gasteiger partial charge on any atom is 0.194 e. The maximum atomic E-state index is 5.33. The second kappa shape index (κ2) is 12.3. The van der Waals surface area contributed by atoms with Crippen LogP contribution in [-0.2, 0) is 29.2 Å². The summed E-state index contributed by atoms with van der Waals surface area (Å²) in [6.45, 7) is 4.02. The third-order valence-corrected chi connectivity index (χ3v) is 5.05. The molecular weight excluding hydrogens is 475 g/mol. The molecule has 150 valence electrons. The van der Waals surface area contributed by atoms with Crippen LogP contribution >= 0.6 is 35.3 Å². The zero-order chi connectivity index (χ0) is 18.9. The van der Waals surface area contributed by atoms with E-state index in [0.29, 0.717) is 19.7 Å². The Kier molecular flexibility index (Phi) is 10.8. The van der Waals surface area contributed by atoms with Gasteiger partial charge in [-0.2, -0.15) is 0 Å². The van der Waals surface area contributed by atoms with E-state index in [2.05, 4.69) is 43.8 Å². The second-order valence-electron chi connectivity index (χ2n) is 6.06. The number of ether oxygens (including phenoxy) is 2. The number of nitrogens with one attached hydrogen (secondary N) is 1. The molecule has 1 N–H and O–H groups in total. The Morgan fingerprint density at radius 2 is 2.07 bits per heavy atom. The first kappa shape index (κ1) is 23.8. The molecule has 0 bridgehead atoms. The molecule has 0 radical (unpaired) electrons. The average Bonchev–Trinajstić information content (AvgIpc) is 3.10. The minimum atomic E-state index is 0. The van der Waals surface area contributed by atoms with Crippen molar-refractivity contribution in [3.8, 4) is 0 Å². The molecule has 0 spiro atoms. The molecule has 0 saturated carbocycles. The van der Waals surface area contributed by atoms with Crippen LogP contribution in [0.4, 0.5) is 0 Å². The summed E-state index contributed by atoms with van der Waals surface area (Å²) in [4.78, 5) is 11.1. The molecular formula is C19H29IN4O2S. The van der Waals surface area contributed by atoms with Crippen molar-refractivity contribution in [3.63, 3.8) is 0 Å². The van der Waals surface area contributed by atoms with E-state index < -0.39 is 0 Å². The quantitative estimate of drug-likeness (QED) is 0.337. The number of hydrogen-bond acceptors (Lipinski definition) is 5. The molecule has 0 aliphatic carbocycles. The molecule has 1 aromatic carbocycles. The first-order valence-corrected chi connectivity index (χ1v) is 9.41. The van der Waals surface area contributed by atoms with Crippen molar-refractivity contribution in [2.24, 2.45) is 4.99 Å². The Morgan fingerprint density at radius 1 is 1.33 bits per heavy atom. The van der Waals surface area contributed by atoms with E-state index in [0.717, 1.165) is 22.2 Å². The number of guanidine groups is 1. The molecule has 2 rings (SSSR count). The summed E-state index contributed by atoms with van der Waals surface area (Å²) < 4.78 is 10.5. The first-order chi connectivity index (χ1) is 12.6. The first-order valence-electron chi connectivity index (χ1n) is 8.53. The van der Waals surface area contributed by atoms with Gasteiger partial charge in [0.25, 0.3) is 0 Å². The fourth-order valence-electron chi connectivity index (χ4n) is 2.56. The Balaban J connectivity index is 0.00000364. The van der Waals surface area contributed by atoms with Gasteiger partial charge >= 0.3 is 0 Å². The van der Waals surface area contributed by atoms with Gasteiger partial charge in [-0.25, -0.2) is 4.98 Å². The Labute approximate surface area is 183 Å². The van der Waals surface area contributed by atoms with Gasteiger partial charge in [0.15, 0.2) is 5.96 Å². The van der Waals surface area contributed by atoms with Crippen LogP contribution in [0.2, 0.25) is 0 Å². The lowest BCUT2D eigenvalue weighted by atomic mass is 10.1. The van der Waals surface area contributed by atoms with Gasteiger partial charge in [-0.3, -0.25) is 4.99 Å². The van der Waals surface area contributed by atoms with Crippen LogP contribution in [0, 0.1) is 0 Å². The summed E-state index contributed by atoms with van der Waals surface area (Å²) in [5.74, 6) is 0.830. The van der Waals surface area contributed by atoms with Crippen LogP contribution < -0.4 is 5.32 Å². The number of aromatic nitrogens is 1. The van der Waals surface area contributed by atoms with E-state index in [4.69, 9.17) is 9.47 Å². The molecule has 1 unspecified atom stereocenters. The predicted molar refractivity (Wildman–Crippen MR) is 122 cm³/mol. The van der Waals surface area contributed by atoms with Crippen molar-refractivity contribution >= 4 is 41.3 Å². The molecule has 6 nitrogen and oxygen atoms in total. The fourth-order valence-corrected chi connectivity index (χ4v) is 3.40. The normalized spacial score (nSPS) is 12.4. The Hall–Kier alpha value is -1.23. The number of nitrogens with zero attached hydrogens (tertiary/aromatic N) is 3. The zero-order valence-corrected chi connectivity index (χ0v) is 19.7. The number of rotatable bonds is 8. The summed E-state index contributed by atoms with van der Waals surface area (Å²) in [5.41, 5.74) is 3.37. The Bertz CT molecular complexity index is 723. The molecule has 0 saturated heterocycles. The monoisotopic (exact) mass is 504 g/mol. The highest BCUT2D eigenvalue weighted by Crippen LogP contribution is 2.20. The average molecular weight is 504 g/mol. The third kappa shape index (κ3) is 7.36. The van der Waals surface area contributed by atoms with Gasteiger partial charge in [0, 0.05) is 40.2 Å². The van der Waals surface area contributed by atoms with Crippen molar-refractivity contribution in [1.82, 2.24) is 15.2 Å². The molecule has 1 aromatic heterocycles.